The van der Waals surface area contributed by atoms with Gasteiger partial charge in [-0.25, -0.2) is 0 Å². The van der Waals surface area contributed by atoms with Gasteiger partial charge in [0, 0.05) is 23.1 Å². The van der Waals surface area contributed by atoms with E-state index in [0.29, 0.717) is 6.04 Å². The predicted octanol–water partition coefficient (Wildman–Crippen LogP) is 4.56. The van der Waals surface area contributed by atoms with E-state index in [1.165, 1.54) is 40.8 Å². The Hall–Kier alpha value is -1.83. The molecule has 0 aliphatic heterocycles. The largest absolute Gasteiger partial charge is 0.382 e. The van der Waals surface area contributed by atoms with Gasteiger partial charge in [0.2, 0.25) is 0 Å². The minimum absolute atomic E-state index is 0.685. The van der Waals surface area contributed by atoms with Gasteiger partial charge in [-0.3, -0.25) is 4.98 Å². The van der Waals surface area contributed by atoms with Crippen LogP contribution in [0.3, 0.4) is 0 Å². The van der Waals surface area contributed by atoms with Crippen molar-refractivity contribution in [3.63, 3.8) is 0 Å². The normalized spacial score (nSPS) is 14.4. The van der Waals surface area contributed by atoms with Gasteiger partial charge in [0.1, 0.15) is 0 Å². The molecule has 1 fully saturated rings. The average molecular weight is 266 g/mol. The third-order valence-corrected chi connectivity index (χ3v) is 3.88. The summed E-state index contributed by atoms with van der Waals surface area (Å²) in [6.07, 6.45) is 2.60. The average Bonchev–Trinajstić information content (AvgIpc) is 3.16. The fourth-order valence-corrected chi connectivity index (χ4v) is 2.75. The number of nitrogens with one attached hydrogen (secondary N) is 1. The van der Waals surface area contributed by atoms with Crippen LogP contribution in [0.5, 0.6) is 0 Å². The summed E-state index contributed by atoms with van der Waals surface area (Å²) in [5.74, 6) is 0. The summed E-state index contributed by atoms with van der Waals surface area (Å²) in [5.41, 5.74) is 8.69. The molecular formula is C18H22N2. The Morgan fingerprint density at radius 3 is 2.20 bits per heavy atom. The zero-order chi connectivity index (χ0) is 14.3. The molecule has 0 radical (unpaired) electrons. The first-order valence-corrected chi connectivity index (χ1v) is 7.36. The number of benzene rings is 1. The molecule has 1 aliphatic rings. The zero-order valence-corrected chi connectivity index (χ0v) is 12.7. The summed E-state index contributed by atoms with van der Waals surface area (Å²) >= 11 is 0. The van der Waals surface area contributed by atoms with Crippen molar-refractivity contribution in [1.82, 2.24) is 4.98 Å². The summed E-state index contributed by atoms with van der Waals surface area (Å²) in [7, 11) is 0. The molecule has 2 aromatic rings. The number of aromatic nitrogens is 1. The maximum atomic E-state index is 4.48. The Bertz CT molecular complexity index is 634. The number of hydrogen-bond acceptors (Lipinski definition) is 2. The first kappa shape index (κ1) is 13.2. The van der Waals surface area contributed by atoms with Crippen LogP contribution in [0.2, 0.25) is 0 Å². The Morgan fingerprint density at radius 1 is 0.950 bits per heavy atom. The molecular weight excluding hydrogens is 244 g/mol. The fraction of sp³-hybridized carbons (Fsp3) is 0.389. The van der Waals surface area contributed by atoms with Gasteiger partial charge in [-0.05, 0) is 81.0 Å². The maximum absolute atomic E-state index is 4.48. The molecule has 1 N–H and O–H groups in total. The summed E-state index contributed by atoms with van der Waals surface area (Å²) in [5, 5.41) is 3.65. The number of hydrogen-bond donors (Lipinski definition) is 1. The van der Waals surface area contributed by atoms with Gasteiger partial charge in [0.05, 0.1) is 0 Å². The van der Waals surface area contributed by atoms with E-state index in [4.69, 9.17) is 0 Å². The van der Waals surface area contributed by atoms with Crippen molar-refractivity contribution in [2.45, 2.75) is 46.6 Å². The van der Waals surface area contributed by atoms with Crippen molar-refractivity contribution in [3.05, 3.63) is 46.8 Å². The lowest BCUT2D eigenvalue weighted by Gasteiger charge is -2.15. The van der Waals surface area contributed by atoms with E-state index < -0.39 is 0 Å². The van der Waals surface area contributed by atoms with E-state index in [1.54, 1.807) is 0 Å². The van der Waals surface area contributed by atoms with Crippen LogP contribution in [0.1, 0.15) is 35.4 Å². The molecule has 0 atom stereocenters. The molecule has 3 rings (SSSR count). The van der Waals surface area contributed by atoms with Crippen LogP contribution in [0.4, 0.5) is 5.69 Å². The summed E-state index contributed by atoms with van der Waals surface area (Å²) < 4.78 is 0. The van der Waals surface area contributed by atoms with Crippen molar-refractivity contribution < 1.29 is 0 Å². The second-order valence-electron chi connectivity index (χ2n) is 6.04. The molecule has 2 nitrogen and oxygen atoms in total. The number of pyridine rings is 1. The van der Waals surface area contributed by atoms with Crippen LogP contribution < -0.4 is 5.32 Å². The molecule has 1 saturated carbocycles. The quantitative estimate of drug-likeness (QED) is 0.881. The zero-order valence-electron chi connectivity index (χ0n) is 12.7. The summed E-state index contributed by atoms with van der Waals surface area (Å²) in [6, 6.07) is 9.58. The lowest BCUT2D eigenvalue weighted by molar-refractivity contribution is 1.12. The Morgan fingerprint density at radius 2 is 1.60 bits per heavy atom. The van der Waals surface area contributed by atoms with Gasteiger partial charge in [0.15, 0.2) is 0 Å². The SMILES string of the molecule is Cc1cc(NC2CC2)c(C)c(-c2cc(C)nc(C)c2)c1. The van der Waals surface area contributed by atoms with Crippen molar-refractivity contribution in [2.75, 3.05) is 5.32 Å². The van der Waals surface area contributed by atoms with Crippen molar-refractivity contribution in [3.8, 4) is 11.1 Å². The third-order valence-electron chi connectivity index (χ3n) is 3.88. The monoisotopic (exact) mass is 266 g/mol. The van der Waals surface area contributed by atoms with Gasteiger partial charge < -0.3 is 5.32 Å². The molecule has 0 spiro atoms. The van der Waals surface area contributed by atoms with Gasteiger partial charge in [-0.1, -0.05) is 6.07 Å². The van der Waals surface area contributed by atoms with Gasteiger partial charge in [-0.15, -0.1) is 0 Å². The molecule has 20 heavy (non-hydrogen) atoms. The van der Waals surface area contributed by atoms with E-state index in [-0.39, 0.29) is 0 Å². The molecule has 104 valence electrons. The lowest BCUT2D eigenvalue weighted by Crippen LogP contribution is -2.04. The number of anilines is 1. The highest BCUT2D eigenvalue weighted by atomic mass is 15.0. The van der Waals surface area contributed by atoms with E-state index in [1.807, 2.05) is 0 Å². The highest BCUT2D eigenvalue weighted by Gasteiger charge is 2.22. The number of rotatable bonds is 3. The van der Waals surface area contributed by atoms with Crippen LogP contribution in [-0.4, -0.2) is 11.0 Å². The molecule has 1 aromatic heterocycles. The topological polar surface area (TPSA) is 24.9 Å². The van der Waals surface area contributed by atoms with Crippen molar-refractivity contribution >= 4 is 5.69 Å². The van der Waals surface area contributed by atoms with Crippen LogP contribution in [0.25, 0.3) is 11.1 Å². The highest BCUT2D eigenvalue weighted by Crippen LogP contribution is 2.33. The molecule has 0 unspecified atom stereocenters. The number of aryl methyl sites for hydroxylation is 3. The fourth-order valence-electron chi connectivity index (χ4n) is 2.75. The summed E-state index contributed by atoms with van der Waals surface area (Å²) in [6.45, 7) is 8.50. The Kier molecular flexibility index (Phi) is 3.25. The highest BCUT2D eigenvalue weighted by molar-refractivity contribution is 5.75. The summed E-state index contributed by atoms with van der Waals surface area (Å²) in [4.78, 5) is 4.48. The van der Waals surface area contributed by atoms with E-state index in [9.17, 15) is 0 Å². The molecule has 0 saturated heterocycles. The van der Waals surface area contributed by atoms with E-state index in [0.717, 1.165) is 11.4 Å². The van der Waals surface area contributed by atoms with Gasteiger partial charge in [0.25, 0.3) is 0 Å². The lowest BCUT2D eigenvalue weighted by atomic mass is 9.96. The van der Waals surface area contributed by atoms with E-state index >= 15 is 0 Å². The molecule has 0 bridgehead atoms. The van der Waals surface area contributed by atoms with Crippen LogP contribution in [0.15, 0.2) is 24.3 Å². The maximum Gasteiger partial charge on any atom is 0.0382 e. The minimum Gasteiger partial charge on any atom is -0.382 e. The third kappa shape index (κ3) is 2.69. The first-order valence-electron chi connectivity index (χ1n) is 7.36. The molecule has 1 heterocycles. The van der Waals surface area contributed by atoms with Gasteiger partial charge >= 0.3 is 0 Å². The predicted molar refractivity (Wildman–Crippen MR) is 85.3 cm³/mol. The van der Waals surface area contributed by atoms with E-state index in [2.05, 4.69) is 62.3 Å². The molecule has 0 amide bonds. The first-order chi connectivity index (χ1) is 9.52. The van der Waals surface area contributed by atoms with Crippen molar-refractivity contribution in [1.29, 1.82) is 0 Å². The van der Waals surface area contributed by atoms with Crippen LogP contribution in [-0.2, 0) is 0 Å². The van der Waals surface area contributed by atoms with Crippen LogP contribution in [0, 0.1) is 27.7 Å². The molecule has 1 aromatic carbocycles. The molecule has 2 heteroatoms. The van der Waals surface area contributed by atoms with Crippen LogP contribution >= 0.6 is 0 Å². The Balaban J connectivity index is 2.09. The second-order valence-corrected chi connectivity index (χ2v) is 6.04. The molecule has 1 aliphatic carbocycles. The number of nitrogens with zero attached hydrogens (tertiary/aromatic N) is 1. The Labute approximate surface area is 121 Å². The smallest absolute Gasteiger partial charge is 0.0382 e. The second kappa shape index (κ2) is 4.93. The minimum atomic E-state index is 0.685. The standard InChI is InChI=1S/C18H22N2/c1-11-7-17(15-9-12(2)19-13(3)10-15)14(4)18(8-11)20-16-5-6-16/h7-10,16,20H,5-6H2,1-4H3. The van der Waals surface area contributed by atoms with Gasteiger partial charge in [-0.2, -0.15) is 0 Å². The van der Waals surface area contributed by atoms with Crippen molar-refractivity contribution in [2.24, 2.45) is 0 Å².